The van der Waals surface area contributed by atoms with Crippen LogP contribution in [-0.4, -0.2) is 59.2 Å². The van der Waals surface area contributed by atoms with Crippen molar-refractivity contribution in [1.82, 2.24) is 20.2 Å². The van der Waals surface area contributed by atoms with Crippen LogP contribution in [0.15, 0.2) is 6.20 Å². The lowest BCUT2D eigenvalue weighted by Gasteiger charge is -2.24. The number of nitrogens with one attached hydrogen (secondary N) is 2. The number of hydrogen-bond donors (Lipinski definition) is 2. The Balaban J connectivity index is 0.00000436. The maximum absolute atomic E-state index is 11.9. The van der Waals surface area contributed by atoms with Gasteiger partial charge in [-0.25, -0.2) is 14.8 Å². The first-order chi connectivity index (χ1) is 14.6. The molecule has 2 N–H and O–H groups in total. The molecule has 0 aliphatic rings. The van der Waals surface area contributed by atoms with Crippen LogP contribution in [0.25, 0.3) is 0 Å². The lowest BCUT2D eigenvalue weighted by atomic mass is 10.2. The highest BCUT2D eigenvalue weighted by atomic mass is 16.6. The zero-order chi connectivity index (χ0) is 23.9. The van der Waals surface area contributed by atoms with Crippen molar-refractivity contribution in [2.45, 2.75) is 73.3 Å². The Bertz CT molecular complexity index is 748. The molecule has 0 aliphatic carbocycles. The van der Waals surface area contributed by atoms with Crippen LogP contribution in [0.2, 0.25) is 0 Å². The number of aromatic nitrogens is 2. The van der Waals surface area contributed by atoms with Crippen LogP contribution in [0.1, 0.15) is 72.2 Å². The molecule has 174 valence electrons. The summed E-state index contributed by atoms with van der Waals surface area (Å²) in [7, 11) is 1.53. The van der Waals surface area contributed by atoms with Crippen molar-refractivity contribution >= 4 is 17.8 Å². The lowest BCUT2D eigenvalue weighted by molar-refractivity contribution is -0.122. The van der Waals surface area contributed by atoms with Gasteiger partial charge in [-0.05, 0) is 40.5 Å². The average Bonchev–Trinajstić information content (AvgIpc) is 2.70. The molecule has 0 aliphatic heterocycles. The Morgan fingerprint density at radius 2 is 1.90 bits per heavy atom. The van der Waals surface area contributed by atoms with E-state index in [9.17, 15) is 9.59 Å². The van der Waals surface area contributed by atoms with Gasteiger partial charge in [0.25, 0.3) is 0 Å². The van der Waals surface area contributed by atoms with Gasteiger partial charge in [0, 0.05) is 32.8 Å². The van der Waals surface area contributed by atoms with Crippen molar-refractivity contribution in [2.24, 2.45) is 0 Å². The van der Waals surface area contributed by atoms with E-state index in [1.54, 1.807) is 27.0 Å². The zero-order valence-electron chi connectivity index (χ0n) is 20.4. The molecular formula is C23H39N5O3. The van der Waals surface area contributed by atoms with Crippen LogP contribution in [0.3, 0.4) is 0 Å². The van der Waals surface area contributed by atoms with Crippen LogP contribution >= 0.6 is 0 Å². The van der Waals surface area contributed by atoms with E-state index in [2.05, 4.69) is 39.4 Å². The minimum Gasteiger partial charge on any atom is -0.444 e. The van der Waals surface area contributed by atoms with Crippen LogP contribution in [0.4, 0.5) is 10.6 Å². The van der Waals surface area contributed by atoms with Gasteiger partial charge in [0.2, 0.25) is 5.91 Å². The Morgan fingerprint density at radius 3 is 2.52 bits per heavy atom. The summed E-state index contributed by atoms with van der Waals surface area (Å²) in [5.41, 5.74) is 0.182. The van der Waals surface area contributed by atoms with E-state index in [0.29, 0.717) is 25.2 Å². The molecule has 1 heterocycles. The number of carbonyl (C=O) groups is 2. The molecule has 2 amide bonds. The van der Waals surface area contributed by atoms with Gasteiger partial charge >= 0.3 is 6.09 Å². The van der Waals surface area contributed by atoms with E-state index < -0.39 is 11.7 Å². The summed E-state index contributed by atoms with van der Waals surface area (Å²) in [5, 5.41) is 6.04. The van der Waals surface area contributed by atoms with Crippen molar-refractivity contribution < 1.29 is 14.3 Å². The maximum atomic E-state index is 11.9. The van der Waals surface area contributed by atoms with E-state index in [1.165, 1.54) is 11.9 Å². The number of anilines is 1. The van der Waals surface area contributed by atoms with Gasteiger partial charge in [-0.3, -0.25) is 4.79 Å². The molecule has 1 rings (SSSR count). The summed E-state index contributed by atoms with van der Waals surface area (Å²) in [6.45, 7) is 14.6. The van der Waals surface area contributed by atoms with Crippen molar-refractivity contribution in [2.75, 3.05) is 32.0 Å². The molecule has 0 bridgehead atoms. The van der Waals surface area contributed by atoms with E-state index in [-0.39, 0.29) is 12.5 Å². The van der Waals surface area contributed by atoms with E-state index in [0.717, 1.165) is 24.3 Å². The van der Waals surface area contributed by atoms with Crippen molar-refractivity contribution in [3.05, 3.63) is 17.6 Å². The van der Waals surface area contributed by atoms with Crippen molar-refractivity contribution in [3.63, 3.8) is 0 Å². The number of rotatable bonds is 8. The predicted octanol–water partition coefficient (Wildman–Crippen LogP) is 3.75. The molecule has 1 aromatic heterocycles. The number of nitrogens with zero attached hydrogens (tertiary/aromatic N) is 3. The molecule has 0 atom stereocenters. The highest BCUT2D eigenvalue weighted by Gasteiger charge is 2.20. The fourth-order valence-electron chi connectivity index (χ4n) is 2.18. The molecular weight excluding hydrogens is 394 g/mol. The normalized spacial score (nSPS) is 10.1. The third-order valence-corrected chi connectivity index (χ3v) is 3.56. The minimum atomic E-state index is -0.588. The molecule has 0 saturated carbocycles. The van der Waals surface area contributed by atoms with Crippen molar-refractivity contribution in [1.29, 1.82) is 0 Å². The third-order valence-electron chi connectivity index (χ3n) is 3.56. The molecule has 8 heteroatoms. The van der Waals surface area contributed by atoms with Crippen LogP contribution in [0.5, 0.6) is 0 Å². The van der Waals surface area contributed by atoms with Gasteiger partial charge in [0.15, 0.2) is 0 Å². The van der Waals surface area contributed by atoms with Gasteiger partial charge in [0.1, 0.15) is 23.8 Å². The summed E-state index contributed by atoms with van der Waals surface area (Å²) in [4.78, 5) is 33.6. The molecule has 0 spiro atoms. The van der Waals surface area contributed by atoms with Crippen LogP contribution < -0.4 is 10.6 Å². The number of hydrogen-bond acceptors (Lipinski definition) is 6. The average molecular weight is 434 g/mol. The van der Waals surface area contributed by atoms with Crippen molar-refractivity contribution in [3.8, 4) is 11.8 Å². The lowest BCUT2D eigenvalue weighted by Crippen LogP contribution is -2.41. The fourth-order valence-corrected chi connectivity index (χ4v) is 2.18. The van der Waals surface area contributed by atoms with Gasteiger partial charge in [-0.1, -0.05) is 32.6 Å². The molecule has 0 radical (unpaired) electrons. The highest BCUT2D eigenvalue weighted by molar-refractivity contribution is 5.82. The van der Waals surface area contributed by atoms with Gasteiger partial charge in [-0.2, -0.15) is 0 Å². The van der Waals surface area contributed by atoms with Gasteiger partial charge < -0.3 is 20.3 Å². The summed E-state index contributed by atoms with van der Waals surface area (Å²) in [5.74, 6) is 7.40. The number of aryl methyl sites for hydroxylation is 1. The summed E-state index contributed by atoms with van der Waals surface area (Å²) in [6.07, 6.45) is 3.54. The SMILES string of the molecule is CC.CCCNc1nc(C)ncc1C#CCCCNC(=O)CN(C)C(=O)OC(C)(C)C. The molecule has 8 nitrogen and oxygen atoms in total. The van der Waals surface area contributed by atoms with Crippen LogP contribution in [0, 0.1) is 18.8 Å². The first-order valence-corrected chi connectivity index (χ1v) is 10.9. The molecule has 0 aromatic carbocycles. The standard InChI is InChI=1S/C21H33N5O3.C2H6/c1-7-12-23-19-17(14-24-16(2)25-19)11-9-8-10-13-22-18(27)15-26(6)20(28)29-21(3,4)5;1-2/h14H,7-8,10,12-13,15H2,1-6H3,(H,22,27)(H,23,24,25);1-2H3. The first-order valence-electron chi connectivity index (χ1n) is 10.9. The number of likely N-dealkylation sites (N-methyl/N-ethyl adjacent to an activating group) is 1. The maximum Gasteiger partial charge on any atom is 0.410 e. The predicted molar refractivity (Wildman–Crippen MR) is 125 cm³/mol. The largest absolute Gasteiger partial charge is 0.444 e. The Hall–Kier alpha value is -2.82. The summed E-state index contributed by atoms with van der Waals surface area (Å²) >= 11 is 0. The first kappa shape index (κ1) is 28.2. The quantitative estimate of drug-likeness (QED) is 0.479. The summed E-state index contributed by atoms with van der Waals surface area (Å²) < 4.78 is 5.21. The number of ether oxygens (including phenoxy) is 1. The second-order valence-electron chi connectivity index (χ2n) is 7.70. The third kappa shape index (κ3) is 13.2. The van der Waals surface area contributed by atoms with Gasteiger partial charge in [0.05, 0.1) is 5.56 Å². The topological polar surface area (TPSA) is 96.5 Å². The monoisotopic (exact) mass is 433 g/mol. The summed E-state index contributed by atoms with van der Waals surface area (Å²) in [6, 6.07) is 0. The zero-order valence-corrected chi connectivity index (χ0v) is 20.4. The molecule has 0 fully saturated rings. The second-order valence-corrected chi connectivity index (χ2v) is 7.70. The van der Waals surface area contributed by atoms with Gasteiger partial charge in [-0.15, -0.1) is 0 Å². The molecule has 0 unspecified atom stereocenters. The van der Waals surface area contributed by atoms with E-state index in [4.69, 9.17) is 4.74 Å². The molecule has 1 aromatic rings. The van der Waals surface area contributed by atoms with Crippen LogP contribution in [-0.2, 0) is 9.53 Å². The smallest absolute Gasteiger partial charge is 0.410 e. The highest BCUT2D eigenvalue weighted by Crippen LogP contribution is 2.10. The Kier molecular flexibility index (Phi) is 13.7. The fraction of sp³-hybridized carbons (Fsp3) is 0.652. The Labute approximate surface area is 187 Å². The molecule has 31 heavy (non-hydrogen) atoms. The number of unbranched alkanes of at least 4 members (excludes halogenated alkanes) is 1. The Morgan fingerprint density at radius 1 is 1.23 bits per heavy atom. The number of amides is 2. The second kappa shape index (κ2) is 15.1. The minimum absolute atomic E-state index is 0.0479. The number of carbonyl (C=O) groups excluding carboxylic acids is 2. The van der Waals surface area contributed by atoms with E-state index in [1.807, 2.05) is 20.8 Å². The molecule has 0 saturated heterocycles. The van der Waals surface area contributed by atoms with E-state index >= 15 is 0 Å².